The Hall–Kier alpha value is -2.58. The van der Waals surface area contributed by atoms with Crippen LogP contribution in [0.3, 0.4) is 0 Å². The van der Waals surface area contributed by atoms with Crippen LogP contribution in [0.4, 0.5) is 0 Å². The number of rotatable bonds is 5. The van der Waals surface area contributed by atoms with Gasteiger partial charge in [-0.1, -0.05) is 99.6 Å². The fraction of sp³-hybridized carbons (Fsp3) is 0.250. The maximum Gasteiger partial charge on any atom is 0.129 e. The quantitative estimate of drug-likeness (QED) is 0.647. The van der Waals surface area contributed by atoms with Gasteiger partial charge in [-0.2, -0.15) is 0 Å². The van der Waals surface area contributed by atoms with E-state index in [4.69, 9.17) is 4.74 Å². The molecular weight excluding hydrogens is 320 g/mol. The number of hydrogen-bond acceptors (Lipinski definition) is 2. The van der Waals surface area contributed by atoms with Crippen molar-refractivity contribution in [2.45, 2.75) is 38.9 Å². The van der Waals surface area contributed by atoms with Gasteiger partial charge in [0.15, 0.2) is 0 Å². The molecule has 2 heteroatoms. The van der Waals surface area contributed by atoms with Gasteiger partial charge in [-0.15, -0.1) is 0 Å². The average Bonchev–Trinajstić information content (AvgIpc) is 2.66. The summed E-state index contributed by atoms with van der Waals surface area (Å²) in [7, 11) is 0. The highest BCUT2D eigenvalue weighted by Crippen LogP contribution is 2.39. The van der Waals surface area contributed by atoms with Crippen LogP contribution in [0.1, 0.15) is 49.1 Å². The molecule has 0 aliphatic carbocycles. The minimum absolute atomic E-state index is 0.0849. The van der Waals surface area contributed by atoms with Crippen molar-refractivity contribution >= 4 is 0 Å². The Morgan fingerprint density at radius 2 is 1.42 bits per heavy atom. The largest absolute Gasteiger partial charge is 0.488 e. The normalized spacial score (nSPS) is 12.6. The van der Waals surface area contributed by atoms with Gasteiger partial charge in [-0.25, -0.2) is 0 Å². The summed E-state index contributed by atoms with van der Waals surface area (Å²) in [6, 6.07) is 25.9. The van der Waals surface area contributed by atoms with Gasteiger partial charge in [0.1, 0.15) is 18.5 Å². The Kier molecular flexibility index (Phi) is 5.43. The second kappa shape index (κ2) is 7.76. The minimum atomic E-state index is -0.718. The number of para-hydroxylation sites is 1. The van der Waals surface area contributed by atoms with Crippen molar-refractivity contribution in [1.82, 2.24) is 0 Å². The zero-order valence-corrected chi connectivity index (χ0v) is 15.6. The van der Waals surface area contributed by atoms with Crippen LogP contribution in [0.5, 0.6) is 5.75 Å². The number of ether oxygens (including phenoxy) is 1. The van der Waals surface area contributed by atoms with Crippen molar-refractivity contribution in [3.05, 3.63) is 101 Å². The first kappa shape index (κ1) is 18.2. The van der Waals surface area contributed by atoms with Crippen molar-refractivity contribution in [3.63, 3.8) is 0 Å². The monoisotopic (exact) mass is 346 g/mol. The summed E-state index contributed by atoms with van der Waals surface area (Å²) < 4.78 is 6.26. The molecule has 0 aliphatic heterocycles. The van der Waals surface area contributed by atoms with E-state index >= 15 is 0 Å². The second-order valence-corrected chi connectivity index (χ2v) is 7.56. The number of aliphatic hydroxyl groups is 1. The molecule has 0 heterocycles. The van der Waals surface area contributed by atoms with Gasteiger partial charge in [0, 0.05) is 5.56 Å². The SMILES string of the molecule is CC(C)(C)c1cccc(C(O)c2ccccc2)c1OCc1ccccc1. The summed E-state index contributed by atoms with van der Waals surface area (Å²) in [4.78, 5) is 0. The molecule has 1 unspecified atom stereocenters. The lowest BCUT2D eigenvalue weighted by Crippen LogP contribution is -2.16. The second-order valence-electron chi connectivity index (χ2n) is 7.56. The van der Waals surface area contributed by atoms with E-state index in [1.807, 2.05) is 72.8 Å². The van der Waals surface area contributed by atoms with Crippen LogP contribution in [0, 0.1) is 0 Å². The van der Waals surface area contributed by atoms with Gasteiger partial charge in [-0.05, 0) is 22.1 Å². The lowest BCUT2D eigenvalue weighted by molar-refractivity contribution is 0.207. The van der Waals surface area contributed by atoms with Crippen LogP contribution in [0.15, 0.2) is 78.9 Å². The molecular formula is C24H26O2. The molecule has 0 bridgehead atoms. The minimum Gasteiger partial charge on any atom is -0.488 e. The smallest absolute Gasteiger partial charge is 0.129 e. The maximum absolute atomic E-state index is 11.0. The van der Waals surface area contributed by atoms with Gasteiger partial charge in [0.05, 0.1) is 0 Å². The van der Waals surface area contributed by atoms with Crippen LogP contribution >= 0.6 is 0 Å². The molecule has 3 aromatic carbocycles. The molecule has 0 saturated heterocycles. The molecule has 2 nitrogen and oxygen atoms in total. The molecule has 0 fully saturated rings. The molecule has 0 radical (unpaired) electrons. The van der Waals surface area contributed by atoms with Crippen LogP contribution < -0.4 is 4.74 Å². The lowest BCUT2D eigenvalue weighted by atomic mass is 9.84. The van der Waals surface area contributed by atoms with Crippen molar-refractivity contribution in [2.24, 2.45) is 0 Å². The molecule has 3 aromatic rings. The third-order valence-corrected chi connectivity index (χ3v) is 4.49. The Labute approximate surface area is 156 Å². The third kappa shape index (κ3) is 4.14. The molecule has 1 N–H and O–H groups in total. The zero-order chi connectivity index (χ0) is 18.6. The summed E-state index contributed by atoms with van der Waals surface area (Å²) in [5, 5.41) is 11.0. The van der Waals surface area contributed by atoms with Crippen LogP contribution in [0.25, 0.3) is 0 Å². The molecule has 0 aromatic heterocycles. The van der Waals surface area contributed by atoms with Gasteiger partial charge >= 0.3 is 0 Å². The fourth-order valence-corrected chi connectivity index (χ4v) is 3.07. The van der Waals surface area contributed by atoms with Gasteiger partial charge in [-0.3, -0.25) is 0 Å². The topological polar surface area (TPSA) is 29.5 Å². The van der Waals surface area contributed by atoms with Crippen LogP contribution in [0.2, 0.25) is 0 Å². The molecule has 0 aliphatic rings. The highest BCUT2D eigenvalue weighted by Gasteiger charge is 2.24. The Balaban J connectivity index is 2.00. The first-order valence-electron chi connectivity index (χ1n) is 9.00. The van der Waals surface area contributed by atoms with Gasteiger partial charge in [0.25, 0.3) is 0 Å². The highest BCUT2D eigenvalue weighted by molar-refractivity contribution is 5.48. The van der Waals surface area contributed by atoms with Crippen molar-refractivity contribution < 1.29 is 9.84 Å². The molecule has 1 atom stereocenters. The van der Waals surface area contributed by atoms with E-state index in [9.17, 15) is 5.11 Å². The van der Waals surface area contributed by atoms with Crippen molar-refractivity contribution in [1.29, 1.82) is 0 Å². The van der Waals surface area contributed by atoms with Gasteiger partial charge in [0.2, 0.25) is 0 Å². The third-order valence-electron chi connectivity index (χ3n) is 4.49. The average molecular weight is 346 g/mol. The van der Waals surface area contributed by atoms with Crippen molar-refractivity contribution in [3.8, 4) is 5.75 Å². The van der Waals surface area contributed by atoms with E-state index in [0.29, 0.717) is 6.61 Å². The van der Waals surface area contributed by atoms with Gasteiger partial charge < -0.3 is 9.84 Å². The molecule has 26 heavy (non-hydrogen) atoms. The van der Waals surface area contributed by atoms with E-state index in [-0.39, 0.29) is 5.41 Å². The summed E-state index contributed by atoms with van der Waals surface area (Å²) in [6.07, 6.45) is -0.718. The molecule has 0 amide bonds. The van der Waals surface area contributed by atoms with E-state index in [1.165, 1.54) is 0 Å². The molecule has 0 spiro atoms. The number of hydrogen-bond donors (Lipinski definition) is 1. The Bertz CT molecular complexity index is 833. The predicted octanol–water partition coefficient (Wildman–Crippen LogP) is 5.64. The Morgan fingerprint density at radius 1 is 0.808 bits per heavy atom. The molecule has 134 valence electrons. The van der Waals surface area contributed by atoms with Crippen LogP contribution in [-0.4, -0.2) is 5.11 Å². The molecule has 3 rings (SSSR count). The van der Waals surface area contributed by atoms with E-state index in [2.05, 4.69) is 26.8 Å². The first-order valence-corrected chi connectivity index (χ1v) is 9.00. The first-order chi connectivity index (χ1) is 12.5. The maximum atomic E-state index is 11.0. The molecule has 0 saturated carbocycles. The fourth-order valence-electron chi connectivity index (χ4n) is 3.07. The van der Waals surface area contributed by atoms with Crippen LogP contribution in [-0.2, 0) is 12.0 Å². The summed E-state index contributed by atoms with van der Waals surface area (Å²) in [5.74, 6) is 0.778. The number of aliphatic hydroxyl groups excluding tert-OH is 1. The predicted molar refractivity (Wildman–Crippen MR) is 106 cm³/mol. The van der Waals surface area contributed by atoms with Crippen molar-refractivity contribution in [2.75, 3.05) is 0 Å². The van der Waals surface area contributed by atoms with E-state index < -0.39 is 6.10 Å². The summed E-state index contributed by atoms with van der Waals surface area (Å²) in [5.41, 5.74) is 3.79. The standard InChI is InChI=1S/C24H26O2/c1-24(2,3)21-16-10-15-20(22(25)19-13-8-5-9-14-19)23(21)26-17-18-11-6-4-7-12-18/h4-16,22,25H,17H2,1-3H3. The zero-order valence-electron chi connectivity index (χ0n) is 15.6. The Morgan fingerprint density at radius 3 is 2.04 bits per heavy atom. The van der Waals surface area contributed by atoms with E-state index in [1.54, 1.807) is 0 Å². The summed E-state index contributed by atoms with van der Waals surface area (Å²) in [6.45, 7) is 6.96. The lowest BCUT2D eigenvalue weighted by Gasteiger charge is -2.26. The highest BCUT2D eigenvalue weighted by atomic mass is 16.5. The van der Waals surface area contributed by atoms with E-state index in [0.717, 1.165) is 28.0 Å². The summed E-state index contributed by atoms with van der Waals surface area (Å²) >= 11 is 0. The number of benzene rings is 3.